The van der Waals surface area contributed by atoms with E-state index >= 15 is 0 Å². The Morgan fingerprint density at radius 1 is 1.26 bits per heavy atom. The standard InChI is InChI=1S/C16H20N2O/c1-16(2,3)15(19)14-13-11(8-9-17-14)10-6-4-5-7-12(10)18-13/h4-7,15,18-19H,8-9H2,1-3H3. The molecular formula is C16H20N2O. The fraction of sp³-hybridized carbons (Fsp3) is 0.438. The van der Waals surface area contributed by atoms with Crippen LogP contribution in [0, 0.1) is 5.41 Å². The van der Waals surface area contributed by atoms with Crippen molar-refractivity contribution in [1.82, 2.24) is 4.98 Å². The van der Waals surface area contributed by atoms with Crippen molar-refractivity contribution in [2.24, 2.45) is 10.4 Å². The number of aliphatic hydroxyl groups is 1. The van der Waals surface area contributed by atoms with Gasteiger partial charge in [-0.3, -0.25) is 4.99 Å². The van der Waals surface area contributed by atoms with Crippen molar-refractivity contribution in [1.29, 1.82) is 0 Å². The largest absolute Gasteiger partial charge is 0.386 e. The van der Waals surface area contributed by atoms with E-state index in [4.69, 9.17) is 0 Å². The van der Waals surface area contributed by atoms with Gasteiger partial charge in [0.2, 0.25) is 0 Å². The van der Waals surface area contributed by atoms with Crippen molar-refractivity contribution in [2.75, 3.05) is 6.54 Å². The summed E-state index contributed by atoms with van der Waals surface area (Å²) in [6.07, 6.45) is 0.402. The van der Waals surface area contributed by atoms with Crippen molar-refractivity contribution < 1.29 is 5.11 Å². The minimum Gasteiger partial charge on any atom is -0.386 e. The van der Waals surface area contributed by atoms with Gasteiger partial charge in [0.1, 0.15) is 6.10 Å². The molecule has 1 atom stereocenters. The summed E-state index contributed by atoms with van der Waals surface area (Å²) < 4.78 is 0. The Morgan fingerprint density at radius 2 is 2.00 bits per heavy atom. The molecule has 0 amide bonds. The zero-order valence-corrected chi connectivity index (χ0v) is 11.7. The van der Waals surface area contributed by atoms with E-state index in [2.05, 4.69) is 28.2 Å². The quantitative estimate of drug-likeness (QED) is 0.809. The highest BCUT2D eigenvalue weighted by Gasteiger charge is 2.32. The SMILES string of the molecule is CC(C)(C)C(O)C1=NCCc2c1[nH]c1ccccc21. The number of aliphatic imine (C=N–C) groups is 1. The molecule has 0 radical (unpaired) electrons. The molecule has 19 heavy (non-hydrogen) atoms. The summed E-state index contributed by atoms with van der Waals surface area (Å²) in [7, 11) is 0. The Balaban J connectivity index is 2.15. The number of nitrogens with one attached hydrogen (secondary N) is 1. The number of benzene rings is 1. The van der Waals surface area contributed by atoms with E-state index in [1.165, 1.54) is 10.9 Å². The number of para-hydroxylation sites is 1. The summed E-state index contributed by atoms with van der Waals surface area (Å²) in [5.41, 5.74) is 4.05. The average Bonchev–Trinajstić information content (AvgIpc) is 2.75. The van der Waals surface area contributed by atoms with Gasteiger partial charge in [0.05, 0.1) is 11.4 Å². The normalized spacial score (nSPS) is 17.2. The van der Waals surface area contributed by atoms with Crippen LogP contribution < -0.4 is 0 Å². The fourth-order valence-electron chi connectivity index (χ4n) is 2.68. The maximum atomic E-state index is 10.5. The number of hydrogen-bond donors (Lipinski definition) is 2. The molecule has 100 valence electrons. The molecule has 2 N–H and O–H groups in total. The van der Waals surface area contributed by atoms with Crippen molar-refractivity contribution in [3.8, 4) is 0 Å². The summed E-state index contributed by atoms with van der Waals surface area (Å²) in [6.45, 7) is 6.88. The van der Waals surface area contributed by atoms with Crippen LogP contribution in [0.1, 0.15) is 32.0 Å². The lowest BCUT2D eigenvalue weighted by Gasteiger charge is -2.28. The maximum absolute atomic E-state index is 10.5. The number of hydrogen-bond acceptors (Lipinski definition) is 2. The van der Waals surface area contributed by atoms with Crippen LogP contribution in [0.2, 0.25) is 0 Å². The van der Waals surface area contributed by atoms with Crippen molar-refractivity contribution in [3.63, 3.8) is 0 Å². The van der Waals surface area contributed by atoms with Crippen LogP contribution in [-0.2, 0) is 6.42 Å². The Kier molecular flexibility index (Phi) is 2.75. The third-order valence-electron chi connectivity index (χ3n) is 3.79. The van der Waals surface area contributed by atoms with Crippen LogP contribution in [0.25, 0.3) is 10.9 Å². The lowest BCUT2D eigenvalue weighted by atomic mass is 9.83. The number of nitrogens with zero attached hydrogens (tertiary/aromatic N) is 1. The molecule has 2 aromatic rings. The molecule has 3 nitrogen and oxygen atoms in total. The predicted molar refractivity (Wildman–Crippen MR) is 78.9 cm³/mol. The van der Waals surface area contributed by atoms with E-state index in [1.54, 1.807) is 0 Å². The monoisotopic (exact) mass is 256 g/mol. The maximum Gasteiger partial charge on any atom is 0.102 e. The number of fused-ring (bicyclic) bond motifs is 3. The Bertz CT molecular complexity index is 646. The highest BCUT2D eigenvalue weighted by Crippen LogP contribution is 2.30. The van der Waals surface area contributed by atoms with E-state index in [9.17, 15) is 5.11 Å². The molecular weight excluding hydrogens is 236 g/mol. The van der Waals surface area contributed by atoms with Crippen LogP contribution in [0.15, 0.2) is 29.3 Å². The molecule has 1 aromatic carbocycles. The minimum absolute atomic E-state index is 0.204. The molecule has 1 aromatic heterocycles. The van der Waals surface area contributed by atoms with Crippen molar-refractivity contribution in [2.45, 2.75) is 33.3 Å². The molecule has 0 fully saturated rings. The Morgan fingerprint density at radius 3 is 2.74 bits per heavy atom. The van der Waals surface area contributed by atoms with Crippen LogP contribution in [0.3, 0.4) is 0 Å². The van der Waals surface area contributed by atoms with Gasteiger partial charge in [0.25, 0.3) is 0 Å². The van der Waals surface area contributed by atoms with Gasteiger partial charge < -0.3 is 10.1 Å². The predicted octanol–water partition coefficient (Wildman–Crippen LogP) is 2.92. The summed E-state index contributed by atoms with van der Waals surface area (Å²) in [5, 5.41) is 11.8. The summed E-state index contributed by atoms with van der Waals surface area (Å²) in [5.74, 6) is 0. The van der Waals surface area contributed by atoms with E-state index in [-0.39, 0.29) is 5.41 Å². The van der Waals surface area contributed by atoms with Gasteiger partial charge in [0, 0.05) is 17.4 Å². The van der Waals surface area contributed by atoms with Gasteiger partial charge >= 0.3 is 0 Å². The van der Waals surface area contributed by atoms with Crippen LogP contribution in [0.5, 0.6) is 0 Å². The molecule has 1 aliphatic rings. The van der Waals surface area contributed by atoms with Crippen LogP contribution >= 0.6 is 0 Å². The highest BCUT2D eigenvalue weighted by atomic mass is 16.3. The first-order valence-corrected chi connectivity index (χ1v) is 6.81. The molecule has 1 aliphatic heterocycles. The lowest BCUT2D eigenvalue weighted by Crippen LogP contribution is -2.37. The molecule has 0 spiro atoms. The van der Waals surface area contributed by atoms with E-state index in [1.807, 2.05) is 26.8 Å². The number of H-pyrrole nitrogens is 1. The van der Waals surface area contributed by atoms with E-state index in [0.717, 1.165) is 29.9 Å². The van der Waals surface area contributed by atoms with Gasteiger partial charge in [-0.2, -0.15) is 0 Å². The molecule has 3 rings (SSSR count). The molecule has 2 heterocycles. The number of aliphatic hydroxyl groups excluding tert-OH is 1. The molecule has 0 bridgehead atoms. The first kappa shape index (κ1) is 12.4. The van der Waals surface area contributed by atoms with E-state index < -0.39 is 6.10 Å². The molecule has 0 aliphatic carbocycles. The summed E-state index contributed by atoms with van der Waals surface area (Å²) in [4.78, 5) is 8.00. The summed E-state index contributed by atoms with van der Waals surface area (Å²) in [6, 6.07) is 8.30. The lowest BCUT2D eigenvalue weighted by molar-refractivity contribution is 0.122. The highest BCUT2D eigenvalue weighted by molar-refractivity contribution is 6.08. The first-order chi connectivity index (χ1) is 8.98. The first-order valence-electron chi connectivity index (χ1n) is 6.81. The van der Waals surface area contributed by atoms with Crippen molar-refractivity contribution >= 4 is 16.6 Å². The Hall–Kier alpha value is -1.61. The summed E-state index contributed by atoms with van der Waals surface area (Å²) >= 11 is 0. The molecule has 1 unspecified atom stereocenters. The zero-order chi connectivity index (χ0) is 13.6. The number of aromatic amines is 1. The second-order valence-electron chi connectivity index (χ2n) is 6.31. The average molecular weight is 256 g/mol. The van der Waals surface area contributed by atoms with Crippen LogP contribution in [-0.4, -0.2) is 28.5 Å². The fourth-order valence-corrected chi connectivity index (χ4v) is 2.68. The number of aromatic nitrogens is 1. The van der Waals surface area contributed by atoms with E-state index in [0.29, 0.717) is 0 Å². The van der Waals surface area contributed by atoms with Crippen LogP contribution in [0.4, 0.5) is 0 Å². The van der Waals surface area contributed by atoms with Crippen molar-refractivity contribution in [3.05, 3.63) is 35.5 Å². The third kappa shape index (κ3) is 1.98. The second kappa shape index (κ2) is 4.20. The molecule has 0 saturated heterocycles. The Labute approximate surface area is 113 Å². The van der Waals surface area contributed by atoms with Gasteiger partial charge in [0.15, 0.2) is 0 Å². The van der Waals surface area contributed by atoms with Gasteiger partial charge in [-0.15, -0.1) is 0 Å². The van der Waals surface area contributed by atoms with Gasteiger partial charge in [-0.05, 0) is 23.5 Å². The third-order valence-corrected chi connectivity index (χ3v) is 3.79. The van der Waals surface area contributed by atoms with Gasteiger partial charge in [-0.25, -0.2) is 0 Å². The van der Waals surface area contributed by atoms with Gasteiger partial charge in [-0.1, -0.05) is 39.0 Å². The smallest absolute Gasteiger partial charge is 0.102 e. The minimum atomic E-state index is -0.542. The topological polar surface area (TPSA) is 48.4 Å². The second-order valence-corrected chi connectivity index (χ2v) is 6.31. The molecule has 0 saturated carbocycles. The molecule has 3 heteroatoms. The number of rotatable bonds is 1. The zero-order valence-electron chi connectivity index (χ0n) is 11.7.